The van der Waals surface area contributed by atoms with E-state index in [1.165, 1.54) is 4.88 Å². The fourth-order valence-electron chi connectivity index (χ4n) is 2.15. The molecule has 0 radical (unpaired) electrons. The van der Waals surface area contributed by atoms with Crippen molar-refractivity contribution in [1.82, 2.24) is 19.5 Å². The summed E-state index contributed by atoms with van der Waals surface area (Å²) >= 11 is 1.72. The van der Waals surface area contributed by atoms with E-state index in [-0.39, 0.29) is 5.95 Å². The van der Waals surface area contributed by atoms with E-state index in [1.54, 1.807) is 11.3 Å². The summed E-state index contributed by atoms with van der Waals surface area (Å²) in [6, 6.07) is 4.15. The van der Waals surface area contributed by atoms with Gasteiger partial charge in [-0.3, -0.25) is 0 Å². The summed E-state index contributed by atoms with van der Waals surface area (Å²) in [5.74, 6) is 1.93. The Morgan fingerprint density at radius 3 is 2.85 bits per heavy atom. The smallest absolute Gasteiger partial charge is 0.224 e. The van der Waals surface area contributed by atoms with Crippen molar-refractivity contribution in [2.24, 2.45) is 7.05 Å². The molecule has 7 heteroatoms. The molecule has 104 valence electrons. The van der Waals surface area contributed by atoms with Gasteiger partial charge in [0.25, 0.3) is 0 Å². The number of rotatable bonds is 3. The lowest BCUT2D eigenvalue weighted by molar-refractivity contribution is 0.873. The second kappa shape index (κ2) is 4.75. The topological polar surface area (TPSA) is 72.9 Å². The van der Waals surface area contributed by atoms with Crippen LogP contribution in [-0.4, -0.2) is 26.6 Å². The van der Waals surface area contributed by atoms with Crippen LogP contribution in [0.3, 0.4) is 0 Å². The van der Waals surface area contributed by atoms with Crippen molar-refractivity contribution in [3.05, 3.63) is 28.2 Å². The van der Waals surface area contributed by atoms with Gasteiger partial charge in [-0.15, -0.1) is 11.3 Å². The average Bonchev–Trinajstić information content (AvgIpc) is 3.00. The molecule has 20 heavy (non-hydrogen) atoms. The molecule has 0 saturated heterocycles. The van der Waals surface area contributed by atoms with Gasteiger partial charge in [-0.1, -0.05) is 6.07 Å². The number of aromatic nitrogens is 4. The first-order valence-electron chi connectivity index (χ1n) is 6.26. The summed E-state index contributed by atoms with van der Waals surface area (Å²) in [6.07, 6.45) is 0. The van der Waals surface area contributed by atoms with Gasteiger partial charge in [-0.2, -0.15) is 9.97 Å². The third-order valence-electron chi connectivity index (χ3n) is 3.28. The zero-order valence-electron chi connectivity index (χ0n) is 11.7. The molecule has 0 aromatic carbocycles. The molecule has 3 rings (SSSR count). The van der Waals surface area contributed by atoms with Crippen molar-refractivity contribution in [3.63, 3.8) is 0 Å². The van der Waals surface area contributed by atoms with Crippen LogP contribution in [0.5, 0.6) is 0 Å². The molecule has 0 aliphatic rings. The molecule has 0 atom stereocenters. The number of hydrogen-bond acceptors (Lipinski definition) is 6. The van der Waals surface area contributed by atoms with Gasteiger partial charge in [0.05, 0.1) is 6.54 Å². The Bertz CT molecular complexity index is 746. The monoisotopic (exact) mass is 288 g/mol. The Kier molecular flexibility index (Phi) is 3.06. The van der Waals surface area contributed by atoms with Gasteiger partial charge in [0.1, 0.15) is 5.82 Å². The minimum atomic E-state index is 0.272. The maximum atomic E-state index is 5.83. The summed E-state index contributed by atoms with van der Waals surface area (Å²) in [4.78, 5) is 16.5. The van der Waals surface area contributed by atoms with E-state index in [0.717, 1.165) is 29.4 Å². The van der Waals surface area contributed by atoms with Crippen molar-refractivity contribution in [2.75, 3.05) is 17.7 Å². The van der Waals surface area contributed by atoms with Gasteiger partial charge in [-0.05, 0) is 18.4 Å². The van der Waals surface area contributed by atoms with Crippen LogP contribution in [0, 0.1) is 6.92 Å². The Hall–Kier alpha value is -2.15. The minimum Gasteiger partial charge on any atom is -0.368 e. The highest BCUT2D eigenvalue weighted by molar-refractivity contribution is 7.09. The molecular formula is C13H16N6S. The van der Waals surface area contributed by atoms with Crippen LogP contribution in [0.4, 0.5) is 11.8 Å². The van der Waals surface area contributed by atoms with Crippen LogP contribution >= 0.6 is 11.3 Å². The fraction of sp³-hybridized carbons (Fsp3) is 0.308. The van der Waals surface area contributed by atoms with Crippen LogP contribution in [0.15, 0.2) is 17.5 Å². The molecule has 3 aromatic rings. The molecule has 0 amide bonds. The first-order valence-corrected chi connectivity index (χ1v) is 7.14. The highest BCUT2D eigenvalue weighted by atomic mass is 32.1. The summed E-state index contributed by atoms with van der Waals surface area (Å²) in [5.41, 5.74) is 7.38. The second-order valence-electron chi connectivity index (χ2n) is 4.73. The van der Waals surface area contributed by atoms with E-state index in [9.17, 15) is 0 Å². The Morgan fingerprint density at radius 2 is 2.15 bits per heavy atom. The maximum Gasteiger partial charge on any atom is 0.224 e. The quantitative estimate of drug-likeness (QED) is 0.797. The third kappa shape index (κ3) is 2.09. The van der Waals surface area contributed by atoms with Crippen LogP contribution in [0.1, 0.15) is 10.7 Å². The second-order valence-corrected chi connectivity index (χ2v) is 5.76. The molecule has 0 aliphatic heterocycles. The predicted octanol–water partition coefficient (Wildman–Crippen LogP) is 1.95. The van der Waals surface area contributed by atoms with E-state index in [4.69, 9.17) is 5.73 Å². The molecule has 0 unspecified atom stereocenters. The number of fused-ring (bicyclic) bond motifs is 1. The standard InChI is InChI=1S/C13H16N6S/c1-8-15-10-11(16-13(14)17-12(10)19(8)3)18(2)7-9-5-4-6-20-9/h4-6H,7H2,1-3H3,(H2,14,16,17). The van der Waals surface area contributed by atoms with Crippen LogP contribution in [0.2, 0.25) is 0 Å². The number of aryl methyl sites for hydroxylation is 2. The van der Waals surface area contributed by atoms with Crippen molar-refractivity contribution in [1.29, 1.82) is 0 Å². The Labute approximate surface area is 120 Å². The van der Waals surface area contributed by atoms with Gasteiger partial charge in [0, 0.05) is 19.0 Å². The Balaban J connectivity index is 2.08. The van der Waals surface area contributed by atoms with Gasteiger partial charge >= 0.3 is 0 Å². The lowest BCUT2D eigenvalue weighted by Crippen LogP contribution is -2.18. The average molecular weight is 288 g/mol. The Morgan fingerprint density at radius 1 is 1.35 bits per heavy atom. The van der Waals surface area contributed by atoms with Crippen molar-refractivity contribution in [2.45, 2.75) is 13.5 Å². The number of nitrogen functional groups attached to an aromatic ring is 1. The highest BCUT2D eigenvalue weighted by Crippen LogP contribution is 2.25. The van der Waals surface area contributed by atoms with E-state index >= 15 is 0 Å². The molecule has 0 fully saturated rings. The van der Waals surface area contributed by atoms with E-state index in [2.05, 4.69) is 31.3 Å². The van der Waals surface area contributed by atoms with Crippen LogP contribution < -0.4 is 10.6 Å². The number of imidazole rings is 1. The maximum absolute atomic E-state index is 5.83. The predicted molar refractivity (Wildman–Crippen MR) is 81.9 cm³/mol. The largest absolute Gasteiger partial charge is 0.368 e. The summed E-state index contributed by atoms with van der Waals surface area (Å²) in [6.45, 7) is 2.72. The number of nitrogens with two attached hydrogens (primary N) is 1. The van der Waals surface area contributed by atoms with Crippen LogP contribution in [0.25, 0.3) is 11.2 Å². The zero-order chi connectivity index (χ0) is 14.3. The van der Waals surface area contributed by atoms with Gasteiger partial charge in [-0.25, -0.2) is 4.98 Å². The number of anilines is 2. The molecule has 0 spiro atoms. The van der Waals surface area contributed by atoms with Crippen molar-refractivity contribution >= 4 is 34.3 Å². The summed E-state index contributed by atoms with van der Waals surface area (Å²) < 4.78 is 1.93. The van der Waals surface area contributed by atoms with Crippen molar-refractivity contribution < 1.29 is 0 Å². The molecule has 3 heterocycles. The number of hydrogen-bond donors (Lipinski definition) is 1. The number of nitrogens with zero attached hydrogens (tertiary/aromatic N) is 5. The lowest BCUT2D eigenvalue weighted by atomic mass is 10.4. The molecule has 6 nitrogen and oxygen atoms in total. The lowest BCUT2D eigenvalue weighted by Gasteiger charge is -2.17. The number of thiophene rings is 1. The van der Waals surface area contributed by atoms with Crippen molar-refractivity contribution in [3.8, 4) is 0 Å². The van der Waals surface area contributed by atoms with Crippen LogP contribution in [-0.2, 0) is 13.6 Å². The third-order valence-corrected chi connectivity index (χ3v) is 4.14. The molecule has 0 aliphatic carbocycles. The molecule has 3 aromatic heterocycles. The zero-order valence-corrected chi connectivity index (χ0v) is 12.5. The fourth-order valence-corrected chi connectivity index (χ4v) is 2.91. The first kappa shape index (κ1) is 12.9. The van der Waals surface area contributed by atoms with Gasteiger partial charge in [0.2, 0.25) is 5.95 Å². The molecule has 0 saturated carbocycles. The first-order chi connectivity index (χ1) is 9.56. The SMILES string of the molecule is Cc1nc2c(N(C)Cc3cccs3)nc(N)nc2n1C. The van der Waals surface area contributed by atoms with E-state index in [1.807, 2.05) is 31.7 Å². The minimum absolute atomic E-state index is 0.272. The highest BCUT2D eigenvalue weighted by Gasteiger charge is 2.16. The van der Waals surface area contributed by atoms with Gasteiger partial charge < -0.3 is 15.2 Å². The summed E-state index contributed by atoms with van der Waals surface area (Å²) in [5, 5.41) is 2.07. The molecular weight excluding hydrogens is 272 g/mol. The van der Waals surface area contributed by atoms with E-state index in [0.29, 0.717) is 0 Å². The van der Waals surface area contributed by atoms with Gasteiger partial charge in [0.15, 0.2) is 17.0 Å². The molecule has 0 bridgehead atoms. The summed E-state index contributed by atoms with van der Waals surface area (Å²) in [7, 11) is 3.92. The van der Waals surface area contributed by atoms with E-state index < -0.39 is 0 Å². The molecule has 2 N–H and O–H groups in total. The normalized spacial score (nSPS) is 11.2.